The summed E-state index contributed by atoms with van der Waals surface area (Å²) < 4.78 is 5.32. The average molecular weight is 413 g/mol. The Labute approximate surface area is 173 Å². The van der Waals surface area contributed by atoms with E-state index in [0.717, 1.165) is 13.0 Å². The van der Waals surface area contributed by atoms with Crippen molar-refractivity contribution in [2.45, 2.75) is 12.5 Å². The van der Waals surface area contributed by atoms with Gasteiger partial charge in [-0.05, 0) is 47.7 Å². The molecule has 0 aliphatic carbocycles. The first-order chi connectivity index (χ1) is 13.7. The van der Waals surface area contributed by atoms with E-state index in [1.807, 2.05) is 0 Å². The van der Waals surface area contributed by atoms with E-state index >= 15 is 0 Å². The molecule has 0 spiro atoms. The minimum absolute atomic E-state index is 0.0813. The summed E-state index contributed by atoms with van der Waals surface area (Å²) in [5.74, 6) is 0.328. The minimum atomic E-state index is -0.187. The van der Waals surface area contributed by atoms with Gasteiger partial charge in [0.15, 0.2) is 0 Å². The first-order valence-corrected chi connectivity index (χ1v) is 10.4. The van der Waals surface area contributed by atoms with Gasteiger partial charge in [0.2, 0.25) is 0 Å². The number of methoxy groups -OCH3 is 1. The highest BCUT2D eigenvalue weighted by Gasteiger charge is 2.28. The van der Waals surface area contributed by atoms with Gasteiger partial charge >= 0.3 is 0 Å². The number of hydrogen-bond donors (Lipinski definition) is 1. The number of ether oxygens (including phenoxy) is 1. The fourth-order valence-electron chi connectivity index (χ4n) is 3.68. The number of benzene rings is 2. The van der Waals surface area contributed by atoms with Crippen LogP contribution >= 0.6 is 22.9 Å². The van der Waals surface area contributed by atoms with Crippen LogP contribution in [0.4, 0.5) is 5.69 Å². The molecule has 0 bridgehead atoms. The van der Waals surface area contributed by atoms with Crippen LogP contribution in [0.2, 0.25) is 5.02 Å². The lowest BCUT2D eigenvalue weighted by Gasteiger charge is -2.30. The molecule has 1 aromatic heterocycles. The maximum Gasteiger partial charge on any atom is 0.255 e. The van der Waals surface area contributed by atoms with Crippen LogP contribution in [0.3, 0.4) is 0 Å². The monoisotopic (exact) mass is 412 g/mol. The van der Waals surface area contributed by atoms with Crippen molar-refractivity contribution in [3.05, 3.63) is 81.0 Å². The molecule has 1 N–H and O–H groups in total. The molecule has 0 fully saturated rings. The van der Waals surface area contributed by atoms with Crippen molar-refractivity contribution in [2.75, 3.05) is 25.1 Å². The van der Waals surface area contributed by atoms with Gasteiger partial charge in [-0.15, -0.1) is 11.3 Å². The normalized spacial score (nSPS) is 13.9. The van der Waals surface area contributed by atoms with Gasteiger partial charge in [-0.2, -0.15) is 0 Å². The van der Waals surface area contributed by atoms with E-state index in [1.54, 1.807) is 36.6 Å². The Morgan fingerprint density at radius 3 is 2.89 bits per heavy atom. The Hall–Kier alpha value is -2.50. The minimum Gasteiger partial charge on any atom is -0.496 e. The number of anilines is 1. The number of para-hydroxylation sites is 1. The van der Waals surface area contributed by atoms with Crippen molar-refractivity contribution < 1.29 is 9.53 Å². The maximum atomic E-state index is 12.8. The maximum absolute atomic E-state index is 12.8. The van der Waals surface area contributed by atoms with Crippen LogP contribution in [0, 0.1) is 0 Å². The number of nitrogens with zero attached hydrogens (tertiary/aromatic N) is 1. The van der Waals surface area contributed by atoms with E-state index in [1.165, 1.54) is 16.1 Å². The summed E-state index contributed by atoms with van der Waals surface area (Å²) >= 11 is 7.79. The van der Waals surface area contributed by atoms with Gasteiger partial charge in [-0.25, -0.2) is 0 Å². The number of nitrogens with one attached hydrogen (secondary N) is 1. The number of carbonyl (C=O) groups excluding carboxylic acids is 1. The standard InChI is InChI=1S/C22H21ClN2O2S/c1-27-20-9-8-16(23)13-17(20)22(26)24-14-19(21-7-4-12-28-21)25-11-10-15-5-2-3-6-18(15)25/h2-9,12-13,19H,10-11,14H2,1H3,(H,24,26). The highest BCUT2D eigenvalue weighted by atomic mass is 35.5. The van der Waals surface area contributed by atoms with Gasteiger partial charge in [-0.3, -0.25) is 4.79 Å². The fourth-order valence-corrected chi connectivity index (χ4v) is 4.69. The summed E-state index contributed by atoms with van der Waals surface area (Å²) in [6.07, 6.45) is 1.02. The van der Waals surface area contributed by atoms with E-state index in [9.17, 15) is 4.79 Å². The van der Waals surface area contributed by atoms with Crippen LogP contribution in [0.5, 0.6) is 5.75 Å². The van der Waals surface area contributed by atoms with Crippen molar-refractivity contribution in [3.8, 4) is 5.75 Å². The molecule has 4 rings (SSSR count). The highest BCUT2D eigenvalue weighted by molar-refractivity contribution is 7.10. The molecule has 0 saturated heterocycles. The van der Waals surface area contributed by atoms with Gasteiger partial charge in [0.1, 0.15) is 5.75 Å². The number of fused-ring (bicyclic) bond motifs is 1. The van der Waals surface area contributed by atoms with Gasteiger partial charge in [0, 0.05) is 28.7 Å². The van der Waals surface area contributed by atoms with E-state index in [2.05, 4.69) is 52.0 Å². The molecule has 28 heavy (non-hydrogen) atoms. The van der Waals surface area contributed by atoms with Crippen molar-refractivity contribution >= 4 is 34.5 Å². The lowest BCUT2D eigenvalue weighted by Crippen LogP contribution is -2.37. The molecule has 1 amide bonds. The first-order valence-electron chi connectivity index (χ1n) is 9.17. The average Bonchev–Trinajstić information content (AvgIpc) is 3.39. The van der Waals surface area contributed by atoms with Crippen LogP contribution in [0.1, 0.15) is 26.8 Å². The number of halogens is 1. The molecular weight excluding hydrogens is 392 g/mol. The summed E-state index contributed by atoms with van der Waals surface area (Å²) in [6.45, 7) is 1.45. The molecule has 0 saturated carbocycles. The Balaban J connectivity index is 1.57. The second kappa shape index (κ2) is 8.25. The predicted molar refractivity (Wildman–Crippen MR) is 115 cm³/mol. The number of hydrogen-bond acceptors (Lipinski definition) is 4. The molecule has 144 valence electrons. The summed E-state index contributed by atoms with van der Waals surface area (Å²) in [6, 6.07) is 17.8. The Morgan fingerprint density at radius 1 is 1.25 bits per heavy atom. The fraction of sp³-hybridized carbons (Fsp3) is 0.227. The molecule has 3 aromatic rings. The third kappa shape index (κ3) is 3.73. The van der Waals surface area contributed by atoms with Gasteiger partial charge in [0.25, 0.3) is 5.91 Å². The lowest BCUT2D eigenvalue weighted by molar-refractivity contribution is 0.0948. The molecule has 2 aromatic carbocycles. The van der Waals surface area contributed by atoms with E-state index in [0.29, 0.717) is 22.9 Å². The van der Waals surface area contributed by atoms with Crippen molar-refractivity contribution in [2.24, 2.45) is 0 Å². The SMILES string of the molecule is COc1ccc(Cl)cc1C(=O)NCC(c1cccs1)N1CCc2ccccc21. The zero-order chi connectivity index (χ0) is 19.5. The van der Waals surface area contributed by atoms with Crippen LogP contribution in [0.25, 0.3) is 0 Å². The lowest BCUT2D eigenvalue weighted by atomic mass is 10.1. The zero-order valence-corrected chi connectivity index (χ0v) is 17.1. The summed E-state index contributed by atoms with van der Waals surface area (Å²) in [5, 5.41) is 5.67. The Morgan fingerprint density at radius 2 is 2.11 bits per heavy atom. The molecule has 1 aliphatic heterocycles. The largest absolute Gasteiger partial charge is 0.496 e. The molecule has 2 heterocycles. The summed E-state index contributed by atoms with van der Waals surface area (Å²) in [5.41, 5.74) is 3.05. The molecule has 0 radical (unpaired) electrons. The van der Waals surface area contributed by atoms with Gasteiger partial charge < -0.3 is 15.0 Å². The smallest absolute Gasteiger partial charge is 0.255 e. The van der Waals surface area contributed by atoms with E-state index in [-0.39, 0.29) is 11.9 Å². The van der Waals surface area contributed by atoms with E-state index < -0.39 is 0 Å². The summed E-state index contributed by atoms with van der Waals surface area (Å²) in [4.78, 5) is 16.5. The number of thiophene rings is 1. The second-order valence-electron chi connectivity index (χ2n) is 6.66. The quantitative estimate of drug-likeness (QED) is 0.623. The van der Waals surface area contributed by atoms with Crippen molar-refractivity contribution in [1.29, 1.82) is 0 Å². The third-order valence-electron chi connectivity index (χ3n) is 5.03. The highest BCUT2D eigenvalue weighted by Crippen LogP contribution is 2.36. The third-order valence-corrected chi connectivity index (χ3v) is 6.24. The molecule has 1 aliphatic rings. The van der Waals surface area contributed by atoms with Crippen molar-refractivity contribution in [1.82, 2.24) is 5.32 Å². The molecule has 6 heteroatoms. The molecule has 4 nitrogen and oxygen atoms in total. The second-order valence-corrected chi connectivity index (χ2v) is 8.07. The van der Waals surface area contributed by atoms with E-state index in [4.69, 9.17) is 16.3 Å². The number of carbonyl (C=O) groups is 1. The van der Waals surface area contributed by atoms with Crippen LogP contribution in [-0.2, 0) is 6.42 Å². The Bertz CT molecular complexity index is 974. The molecule has 1 atom stereocenters. The zero-order valence-electron chi connectivity index (χ0n) is 15.5. The Kier molecular flexibility index (Phi) is 5.55. The van der Waals surface area contributed by atoms with Crippen molar-refractivity contribution in [3.63, 3.8) is 0 Å². The number of amides is 1. The van der Waals surface area contributed by atoms with Gasteiger partial charge in [-0.1, -0.05) is 35.9 Å². The van der Waals surface area contributed by atoms with Crippen LogP contribution < -0.4 is 15.0 Å². The van der Waals surface area contributed by atoms with Crippen LogP contribution in [0.15, 0.2) is 60.0 Å². The predicted octanol–water partition coefficient (Wildman–Crippen LogP) is 4.94. The number of rotatable bonds is 6. The van der Waals surface area contributed by atoms with Gasteiger partial charge in [0.05, 0.1) is 18.7 Å². The molecule has 1 unspecified atom stereocenters. The first kappa shape index (κ1) is 18.8. The summed E-state index contributed by atoms with van der Waals surface area (Å²) in [7, 11) is 1.55. The topological polar surface area (TPSA) is 41.6 Å². The molecular formula is C22H21ClN2O2S. The van der Waals surface area contributed by atoms with Crippen LogP contribution in [-0.4, -0.2) is 26.1 Å².